The number of benzene rings is 1. The second-order valence-corrected chi connectivity index (χ2v) is 9.40. The third kappa shape index (κ3) is 6.09. The van der Waals surface area contributed by atoms with Crippen LogP contribution in [0.4, 0.5) is 5.69 Å². The van der Waals surface area contributed by atoms with Crippen LogP contribution >= 0.6 is 7.67 Å². The minimum absolute atomic E-state index is 0.0804. The summed E-state index contributed by atoms with van der Waals surface area (Å²) < 4.78 is 40.0. The first-order valence-electron chi connectivity index (χ1n) is 10.3. The second-order valence-electron chi connectivity index (χ2n) is 7.07. The first-order chi connectivity index (χ1) is 14.9. The molecule has 2 aliphatic rings. The molecule has 0 N–H and O–H groups in total. The van der Waals surface area contributed by atoms with Crippen LogP contribution < -0.4 is 0 Å². The molecule has 31 heavy (non-hydrogen) atoms. The van der Waals surface area contributed by atoms with Gasteiger partial charge in [-0.15, -0.1) is 0 Å². The van der Waals surface area contributed by atoms with Gasteiger partial charge in [0.25, 0.3) is 5.69 Å². The van der Waals surface area contributed by atoms with Gasteiger partial charge in [0.1, 0.15) is 6.10 Å². The van der Waals surface area contributed by atoms with E-state index in [1.807, 2.05) is 0 Å². The predicted octanol–water partition coefficient (Wildman–Crippen LogP) is 2.38. The number of nitrogens with zero attached hydrogens (tertiary/aromatic N) is 3. The normalized spacial score (nSPS) is 19.6. The number of carbonyl (C=O) groups excluding carboxylic acids is 1. The van der Waals surface area contributed by atoms with Gasteiger partial charge in [-0.3, -0.25) is 24.0 Å². The molecule has 1 atom stereocenters. The number of ether oxygens (including phenoxy) is 3. The minimum atomic E-state index is -3.53. The van der Waals surface area contributed by atoms with Gasteiger partial charge >= 0.3 is 13.6 Å². The van der Waals surface area contributed by atoms with E-state index in [2.05, 4.69) is 0 Å². The lowest BCUT2D eigenvalue weighted by Gasteiger charge is -2.42. The fourth-order valence-electron chi connectivity index (χ4n) is 3.49. The highest BCUT2D eigenvalue weighted by Crippen LogP contribution is 2.58. The Balaban J connectivity index is 1.91. The molecule has 0 saturated carbocycles. The van der Waals surface area contributed by atoms with Crippen molar-refractivity contribution in [2.75, 3.05) is 59.2 Å². The summed E-state index contributed by atoms with van der Waals surface area (Å²) in [5.41, 5.74) is 0.434. The molecule has 0 aromatic heterocycles. The van der Waals surface area contributed by atoms with Crippen molar-refractivity contribution >= 4 is 19.3 Å². The maximum Gasteiger partial charge on any atom is 0.346 e. The molecule has 0 spiro atoms. The van der Waals surface area contributed by atoms with E-state index in [1.54, 1.807) is 16.3 Å². The summed E-state index contributed by atoms with van der Waals surface area (Å²) in [6, 6.07) is 5.71. The number of hydrogen-bond acceptors (Lipinski definition) is 8. The van der Waals surface area contributed by atoms with Crippen LogP contribution in [0.5, 0.6) is 0 Å². The van der Waals surface area contributed by atoms with Crippen LogP contribution in [0, 0.1) is 10.1 Å². The molecule has 1 unspecified atom stereocenters. The van der Waals surface area contributed by atoms with Crippen LogP contribution in [0.2, 0.25) is 0 Å². The molecule has 2 saturated heterocycles. The Morgan fingerprint density at radius 3 is 2.06 bits per heavy atom. The van der Waals surface area contributed by atoms with Crippen molar-refractivity contribution in [2.24, 2.45) is 0 Å². The highest BCUT2D eigenvalue weighted by atomic mass is 31.2. The van der Waals surface area contributed by atoms with Crippen LogP contribution in [-0.2, 0) is 28.1 Å². The smallest absolute Gasteiger partial charge is 0.346 e. The maximum absolute atomic E-state index is 14.3. The predicted molar refractivity (Wildman–Crippen MR) is 111 cm³/mol. The van der Waals surface area contributed by atoms with Crippen LogP contribution in [0.25, 0.3) is 0 Å². The van der Waals surface area contributed by atoms with E-state index >= 15 is 0 Å². The number of morpholine rings is 2. The van der Waals surface area contributed by atoms with Gasteiger partial charge in [-0.25, -0.2) is 9.34 Å². The molecule has 1 aromatic rings. The Morgan fingerprint density at radius 2 is 1.61 bits per heavy atom. The van der Waals surface area contributed by atoms with Crippen LogP contribution in [0.1, 0.15) is 25.0 Å². The maximum atomic E-state index is 14.3. The lowest BCUT2D eigenvalue weighted by molar-refractivity contribution is -0.384. The van der Waals surface area contributed by atoms with Crippen molar-refractivity contribution in [1.29, 1.82) is 0 Å². The van der Waals surface area contributed by atoms with Crippen molar-refractivity contribution in [3.63, 3.8) is 0 Å². The van der Waals surface area contributed by atoms with Gasteiger partial charge in [-0.2, -0.15) is 0 Å². The van der Waals surface area contributed by atoms with Gasteiger partial charge in [-0.05, 0) is 24.6 Å². The van der Waals surface area contributed by atoms with Crippen molar-refractivity contribution in [3.8, 4) is 0 Å². The molecule has 0 bridgehead atoms. The minimum Gasteiger partial charge on any atom is -0.466 e. The van der Waals surface area contributed by atoms with E-state index in [9.17, 15) is 19.5 Å². The van der Waals surface area contributed by atoms with Gasteiger partial charge in [0.2, 0.25) is 0 Å². The number of hydrogen-bond donors (Lipinski definition) is 0. The molecule has 0 amide bonds. The Labute approximate surface area is 180 Å². The molecule has 0 aliphatic carbocycles. The standard InChI is InChI=1S/C19H28N3O8P/c1-2-29-19(23)15-18(16-3-5-17(6-4-16)22(24)25)30-31(26,20-7-11-27-12-8-20)21-9-13-28-14-10-21/h3-6,18H,2,7-15H2,1H3. The van der Waals surface area contributed by atoms with E-state index in [4.69, 9.17) is 18.7 Å². The van der Waals surface area contributed by atoms with Crippen molar-refractivity contribution in [3.05, 3.63) is 39.9 Å². The fraction of sp³-hybridized carbons (Fsp3) is 0.632. The first kappa shape index (κ1) is 23.8. The topological polar surface area (TPSA) is 121 Å². The molecule has 3 rings (SSSR count). The molecule has 2 fully saturated rings. The van der Waals surface area contributed by atoms with Gasteiger partial charge in [-0.1, -0.05) is 0 Å². The van der Waals surface area contributed by atoms with Crippen LogP contribution in [0.15, 0.2) is 24.3 Å². The summed E-state index contributed by atoms with van der Waals surface area (Å²) in [7, 11) is -3.53. The van der Waals surface area contributed by atoms with Crippen molar-refractivity contribution in [1.82, 2.24) is 9.34 Å². The Kier molecular flexibility index (Phi) is 8.53. The molecular formula is C19H28N3O8P. The number of esters is 1. The number of non-ortho nitro benzene ring substituents is 1. The van der Waals surface area contributed by atoms with E-state index in [0.29, 0.717) is 58.2 Å². The molecule has 2 aliphatic heterocycles. The highest BCUT2D eigenvalue weighted by Gasteiger charge is 2.43. The number of carbonyl (C=O) groups is 1. The summed E-state index contributed by atoms with van der Waals surface area (Å²) in [6.45, 7) is 5.34. The molecule has 2 heterocycles. The summed E-state index contributed by atoms with van der Waals surface area (Å²) in [5.74, 6) is -0.499. The SMILES string of the molecule is CCOC(=O)CC(OP(=O)(N1CCOCC1)N1CCOCC1)c1ccc([N+](=O)[O-])cc1. The van der Waals surface area contributed by atoms with E-state index in [-0.39, 0.29) is 18.7 Å². The average Bonchev–Trinajstić information content (AvgIpc) is 2.80. The Morgan fingerprint density at radius 1 is 1.10 bits per heavy atom. The third-order valence-corrected chi connectivity index (χ3v) is 7.85. The largest absolute Gasteiger partial charge is 0.466 e. The summed E-state index contributed by atoms with van der Waals surface area (Å²) in [4.78, 5) is 22.8. The van der Waals surface area contributed by atoms with Gasteiger partial charge in [0.15, 0.2) is 0 Å². The fourth-order valence-corrected chi connectivity index (χ4v) is 5.98. The molecule has 11 nitrogen and oxygen atoms in total. The third-order valence-electron chi connectivity index (χ3n) is 5.09. The van der Waals surface area contributed by atoms with Gasteiger partial charge in [0, 0.05) is 38.3 Å². The molecule has 172 valence electrons. The summed E-state index contributed by atoms with van der Waals surface area (Å²) in [6.07, 6.45) is -1.05. The van der Waals surface area contributed by atoms with Gasteiger partial charge in [0.05, 0.1) is 44.4 Å². The molecule has 1 aromatic carbocycles. The quantitative estimate of drug-likeness (QED) is 0.236. The Bertz CT molecular complexity index is 772. The number of rotatable bonds is 9. The first-order valence-corrected chi connectivity index (χ1v) is 11.8. The second kappa shape index (κ2) is 11.1. The van der Waals surface area contributed by atoms with E-state index < -0.39 is 24.7 Å². The zero-order valence-corrected chi connectivity index (χ0v) is 18.4. The van der Waals surface area contributed by atoms with Crippen molar-refractivity contribution in [2.45, 2.75) is 19.4 Å². The zero-order chi connectivity index (χ0) is 22.3. The van der Waals surface area contributed by atoms with E-state index in [1.165, 1.54) is 24.3 Å². The number of nitro benzene ring substituents is 1. The summed E-state index contributed by atoms with van der Waals surface area (Å²) >= 11 is 0. The highest BCUT2D eigenvalue weighted by molar-refractivity contribution is 7.54. The average molecular weight is 457 g/mol. The molecule has 0 radical (unpaired) electrons. The van der Waals surface area contributed by atoms with Crippen molar-refractivity contribution < 1.29 is 33.0 Å². The summed E-state index contributed by atoms with van der Waals surface area (Å²) in [5, 5.41) is 11.0. The lowest BCUT2D eigenvalue weighted by Crippen LogP contribution is -2.44. The van der Waals surface area contributed by atoms with E-state index in [0.717, 1.165) is 0 Å². The van der Waals surface area contributed by atoms with Gasteiger partial charge < -0.3 is 14.2 Å². The van der Waals surface area contributed by atoms with Crippen LogP contribution in [0.3, 0.4) is 0 Å². The zero-order valence-electron chi connectivity index (χ0n) is 17.5. The Hall–Kier alpha value is -1.88. The number of nitro groups is 1. The lowest BCUT2D eigenvalue weighted by atomic mass is 10.1. The molecular weight excluding hydrogens is 429 g/mol. The monoisotopic (exact) mass is 457 g/mol. The van der Waals surface area contributed by atoms with Crippen LogP contribution in [-0.4, -0.2) is 79.4 Å². The molecule has 12 heteroatoms.